The first-order valence-corrected chi connectivity index (χ1v) is 34.6. The van der Waals surface area contributed by atoms with Crippen molar-refractivity contribution in [1.29, 1.82) is 0 Å². The van der Waals surface area contributed by atoms with Crippen molar-refractivity contribution >= 4 is 106 Å². The predicted molar refractivity (Wildman–Crippen MR) is 396 cm³/mol. The number of nitrogens with one attached hydrogen (secondary N) is 8. The molecule has 15 rings (SSSR count). The number of carbonyl (C=O) groups is 8. The molecule has 0 saturated carbocycles. The summed E-state index contributed by atoms with van der Waals surface area (Å²) < 4.78 is 9.30. The second-order valence-corrected chi connectivity index (χ2v) is 27.0. The van der Waals surface area contributed by atoms with Gasteiger partial charge in [0, 0.05) is 153 Å². The topological polar surface area (TPSA) is 352 Å². The molecule has 10 aromatic rings. The first kappa shape index (κ1) is 72.6. The number of amides is 9. The van der Waals surface area contributed by atoms with E-state index in [4.69, 9.17) is 74.4 Å². The molecule has 0 fully saturated rings. The third-order valence-electron chi connectivity index (χ3n) is 18.0. The molecular weight excluding hydrogens is 1440 g/mol. The number of benzene rings is 5. The Kier molecular flexibility index (Phi) is 22.6. The lowest BCUT2D eigenvalue weighted by Crippen LogP contribution is -2.48. The molecule has 11 N–H and O–H groups in total. The molecule has 5 aliphatic heterocycles. The Balaban J connectivity index is 0.000000137. The van der Waals surface area contributed by atoms with Crippen molar-refractivity contribution in [3.63, 3.8) is 0 Å². The summed E-state index contributed by atoms with van der Waals surface area (Å²) in [6, 6.07) is 44.5. The molecule has 0 bridgehead atoms. The van der Waals surface area contributed by atoms with Crippen LogP contribution in [0.25, 0.3) is 66.1 Å². The maximum absolute atomic E-state index is 12.8. The van der Waals surface area contributed by atoms with E-state index < -0.39 is 12.0 Å². The highest BCUT2D eigenvalue weighted by atomic mass is 35.5. The number of carboxylic acids is 1. The zero-order valence-electron chi connectivity index (χ0n) is 55.0. The van der Waals surface area contributed by atoms with Gasteiger partial charge >= 0.3 is 18.0 Å². The van der Waals surface area contributed by atoms with E-state index in [2.05, 4.69) is 52.6 Å². The molecule has 0 radical (unpaired) electrons. The number of urea groups is 2. The molecule has 5 aromatic carbocycles. The molecular formula is C73H66Cl5N17O9. The van der Waals surface area contributed by atoms with E-state index in [9.17, 15) is 38.4 Å². The fraction of sp³-hybridized carbons (Fsp3) is 0.205. The van der Waals surface area contributed by atoms with Crippen molar-refractivity contribution in [2.75, 3.05) is 58.9 Å². The number of hydrogen-bond acceptors (Lipinski definition) is 9. The third kappa shape index (κ3) is 16.9. The number of azide groups is 1. The molecule has 10 heterocycles. The Hall–Kier alpha value is -11.2. The summed E-state index contributed by atoms with van der Waals surface area (Å²) in [7, 11) is 0. The summed E-state index contributed by atoms with van der Waals surface area (Å²) >= 11 is 30.3. The van der Waals surface area contributed by atoms with Crippen molar-refractivity contribution in [3.8, 4) is 55.6 Å². The Labute approximate surface area is 619 Å². The van der Waals surface area contributed by atoms with Crippen LogP contribution >= 0.6 is 58.0 Å². The molecule has 5 unspecified atom stereocenters. The lowest BCUT2D eigenvalue weighted by atomic mass is 10.1. The molecule has 0 aliphatic carbocycles. The van der Waals surface area contributed by atoms with Crippen molar-refractivity contribution in [2.24, 2.45) is 10.8 Å². The zero-order chi connectivity index (χ0) is 73.3. The van der Waals surface area contributed by atoms with Crippen LogP contribution in [0.4, 0.5) is 9.59 Å². The number of nitrogens with zero attached hydrogens (tertiary/aromatic N) is 8. The maximum Gasteiger partial charge on any atom is 0.314 e. The number of fused-ring (bicyclic) bond motifs is 5. The van der Waals surface area contributed by atoms with Gasteiger partial charge in [-0.05, 0) is 124 Å². The smallest absolute Gasteiger partial charge is 0.314 e. The van der Waals surface area contributed by atoms with E-state index in [1.54, 1.807) is 41.0 Å². The molecule has 26 nitrogen and oxygen atoms in total. The van der Waals surface area contributed by atoms with Crippen LogP contribution in [0.2, 0.25) is 25.1 Å². The van der Waals surface area contributed by atoms with Gasteiger partial charge in [0.2, 0.25) is 0 Å². The molecule has 104 heavy (non-hydrogen) atoms. The maximum atomic E-state index is 12.8. The van der Waals surface area contributed by atoms with Gasteiger partial charge in [0.05, 0.1) is 36.6 Å². The van der Waals surface area contributed by atoms with E-state index >= 15 is 0 Å². The standard InChI is InChI=1S/C29H26Cl2N6O3.C15H13ClN6O2.C15H13ClN2O3.C14H14ClN3O/c30-21-5-1-3-17(7-21)19-9-25-27(38)32-11-23(36(25)15-19)13-34-29(40)35-14-24-12-33-28(39)26-10-20(16-37(24)26)18-4-2-6-22(31)8-18;16-11-3-1-2-9(4-11)10-5-13-14(23)18-6-12(22(13)8-10)7-19-15(24)20-21-17;16-11-3-1-2-9(4-11)10-5-13-15(21)17-7-12(6-14(19)20)18(13)8-10;15-11-3-1-2-9(4-11)10-5-13-14(19)17-7-12(6-16)18(13)8-10/h1-10,15-16,23-24H,11-14H2,(H,32,38)(H,33,39)(H2,34,35,40);1-5,8,12H,6-7H2,(H,18,23)(H,19,24);1-5,8,12H,6-7H2,(H,17,21)(H,19,20);1-5,8,12H,6-7,16H2,(H,17,19). The molecule has 532 valence electrons. The minimum atomic E-state index is -0.889. The fourth-order valence-electron chi connectivity index (χ4n) is 12.8. The van der Waals surface area contributed by atoms with Crippen molar-refractivity contribution in [2.45, 2.75) is 36.6 Å². The van der Waals surface area contributed by atoms with Gasteiger partial charge in [-0.15, -0.1) is 0 Å². The van der Waals surface area contributed by atoms with Crippen LogP contribution in [-0.2, 0) is 4.79 Å². The van der Waals surface area contributed by atoms with Crippen LogP contribution in [0.3, 0.4) is 0 Å². The van der Waals surface area contributed by atoms with Gasteiger partial charge in [-0.25, -0.2) is 4.79 Å². The minimum absolute atomic E-state index is 0.0308. The normalized spacial score (nSPS) is 17.3. The number of carboxylic acid groups (broad SMARTS) is 1. The summed E-state index contributed by atoms with van der Waals surface area (Å²) in [4.78, 5) is 98.3. The SMILES string of the molecule is NCC1CNC(=O)c2cc(-c3cccc(Cl)c3)cn21.O=C(NCC1CNC(=O)c2cc(-c3cccc(Cl)c3)cn21)NCC1CNC(=O)c2cc(-c3cccc(Cl)c3)cn21.O=C(O)CC1CNC(=O)c2cc(-c3cccc(Cl)c3)cn21.[N-]=[N+]=NC(=O)NCC1CNC(=O)c2cc(-c3cccc(Cl)c3)cn21. The second-order valence-electron chi connectivity index (χ2n) is 24.8. The quantitative estimate of drug-likeness (QED) is 0.0279. The van der Waals surface area contributed by atoms with Crippen LogP contribution in [0.5, 0.6) is 0 Å². The largest absolute Gasteiger partial charge is 0.481 e. The Morgan fingerprint density at radius 3 is 0.942 bits per heavy atom. The van der Waals surface area contributed by atoms with Crippen LogP contribution in [0.1, 0.15) is 89.1 Å². The Morgan fingerprint density at radius 1 is 0.413 bits per heavy atom. The molecule has 9 amide bonds. The van der Waals surface area contributed by atoms with Crippen molar-refractivity contribution in [1.82, 2.24) is 65.4 Å². The Morgan fingerprint density at radius 2 is 0.673 bits per heavy atom. The first-order valence-electron chi connectivity index (χ1n) is 32.7. The van der Waals surface area contributed by atoms with Crippen LogP contribution < -0.4 is 48.3 Å². The van der Waals surface area contributed by atoms with E-state index in [-0.39, 0.29) is 78.7 Å². The number of hydrogen-bond donors (Lipinski definition) is 10. The lowest BCUT2D eigenvalue weighted by Gasteiger charge is -2.28. The summed E-state index contributed by atoms with van der Waals surface area (Å²) in [5.74, 6) is -1.63. The number of aromatic nitrogens is 5. The Bertz CT molecular complexity index is 4920. The van der Waals surface area contributed by atoms with Crippen LogP contribution in [-0.4, -0.2) is 134 Å². The van der Waals surface area contributed by atoms with Gasteiger partial charge in [-0.3, -0.25) is 33.6 Å². The molecule has 5 aliphatic rings. The number of carbonyl (C=O) groups excluding carboxylic acids is 7. The monoisotopic (exact) mass is 1500 g/mol. The minimum Gasteiger partial charge on any atom is -0.481 e. The van der Waals surface area contributed by atoms with Gasteiger partial charge in [-0.2, -0.15) is 0 Å². The number of nitrogens with two attached hydrogens (primary N) is 1. The molecule has 0 saturated heterocycles. The van der Waals surface area contributed by atoms with Gasteiger partial charge < -0.3 is 76.2 Å². The summed E-state index contributed by atoms with van der Waals surface area (Å²) in [5.41, 5.74) is 25.7. The van der Waals surface area contributed by atoms with Gasteiger partial charge in [0.15, 0.2) is 0 Å². The average Bonchev–Trinajstić information content (AvgIpc) is 1.68. The van der Waals surface area contributed by atoms with E-state index in [0.717, 1.165) is 55.6 Å². The summed E-state index contributed by atoms with van der Waals surface area (Å²) in [6.45, 7) is 3.41. The van der Waals surface area contributed by atoms with Gasteiger partial charge in [0.1, 0.15) is 28.5 Å². The molecule has 5 aromatic heterocycles. The number of halogens is 5. The highest BCUT2D eigenvalue weighted by Crippen LogP contribution is 2.35. The predicted octanol–water partition coefficient (Wildman–Crippen LogP) is 12.2. The number of rotatable bonds is 14. The second kappa shape index (κ2) is 32.4. The first-order chi connectivity index (χ1) is 50.2. The average molecular weight is 1500 g/mol. The van der Waals surface area contributed by atoms with Gasteiger partial charge in [0.25, 0.3) is 29.5 Å². The van der Waals surface area contributed by atoms with Crippen molar-refractivity contribution in [3.05, 3.63) is 247 Å². The van der Waals surface area contributed by atoms with Crippen LogP contribution in [0.15, 0.2) is 188 Å². The van der Waals surface area contributed by atoms with Crippen molar-refractivity contribution < 1.29 is 43.5 Å². The number of aliphatic carboxylic acids is 1. The van der Waals surface area contributed by atoms with E-state index in [0.29, 0.717) is 106 Å². The third-order valence-corrected chi connectivity index (χ3v) is 19.1. The summed E-state index contributed by atoms with van der Waals surface area (Å²) in [6.07, 6.45) is 9.44. The highest BCUT2D eigenvalue weighted by molar-refractivity contribution is 6.32. The fourth-order valence-corrected chi connectivity index (χ4v) is 13.7. The summed E-state index contributed by atoms with van der Waals surface area (Å²) in [5, 5.41) is 37.6. The van der Waals surface area contributed by atoms with E-state index in [1.807, 2.05) is 165 Å². The zero-order valence-corrected chi connectivity index (χ0v) is 58.8. The van der Waals surface area contributed by atoms with E-state index in [1.165, 1.54) is 0 Å². The lowest BCUT2D eigenvalue weighted by molar-refractivity contribution is -0.138. The molecule has 31 heteroatoms. The molecule has 5 atom stereocenters. The van der Waals surface area contributed by atoms with Gasteiger partial charge in [-0.1, -0.05) is 119 Å². The van der Waals surface area contributed by atoms with Crippen LogP contribution in [0, 0.1) is 0 Å². The molecule has 0 spiro atoms. The highest BCUT2D eigenvalue weighted by Gasteiger charge is 2.32.